The zero-order valence-corrected chi connectivity index (χ0v) is 34.8. The number of phenols is 1. The first-order chi connectivity index (χ1) is 27.9. The monoisotopic (exact) mass is 823 g/mol. The molecule has 0 aromatic heterocycles. The lowest BCUT2D eigenvalue weighted by molar-refractivity contribution is -0.186. The Morgan fingerprint density at radius 3 is 1.83 bits per heavy atom. The molecule has 326 valence electrons. The molecule has 59 heavy (non-hydrogen) atoms. The number of carboxylic acid groups (broad SMARTS) is 1. The fourth-order valence-electron chi connectivity index (χ4n) is 7.40. The second-order valence-corrected chi connectivity index (χ2v) is 15.7. The molecule has 7 unspecified atom stereocenters. The van der Waals surface area contributed by atoms with Crippen LogP contribution in [-0.4, -0.2) is 98.9 Å². The van der Waals surface area contributed by atoms with E-state index in [4.69, 9.17) is 28.7 Å². The van der Waals surface area contributed by atoms with Crippen molar-refractivity contribution < 1.29 is 43.8 Å². The minimum atomic E-state index is -3.68. The molecule has 0 bridgehead atoms. The SMILES string of the molecule is CCCCC(N)C(=O)C(C=O)(CCCN)C(C(=O)O)(C(=O)C(N)CC(C)C)N(C(=O)C(N)Cc1ccc(O)cc1)C(=O)C(CCCC)NC(=O)C(N)Cc1ccccc1. The molecule has 2 aromatic carbocycles. The quantitative estimate of drug-likeness (QED) is 0.0470. The van der Waals surface area contributed by atoms with E-state index < -0.39 is 82.8 Å². The van der Waals surface area contributed by atoms with Crippen molar-refractivity contribution in [1.29, 1.82) is 0 Å². The number of aromatic hydroxyl groups is 1. The summed E-state index contributed by atoms with van der Waals surface area (Å²) in [6.45, 7) is 6.79. The van der Waals surface area contributed by atoms with Crippen LogP contribution in [0.15, 0.2) is 54.6 Å². The van der Waals surface area contributed by atoms with Crippen molar-refractivity contribution in [1.82, 2.24) is 10.2 Å². The van der Waals surface area contributed by atoms with E-state index in [1.54, 1.807) is 51.1 Å². The predicted octanol–water partition coefficient (Wildman–Crippen LogP) is 1.64. The summed E-state index contributed by atoms with van der Waals surface area (Å²) in [5.74, 6) is -9.07. The van der Waals surface area contributed by atoms with Crippen molar-refractivity contribution >= 4 is 41.5 Å². The molecular formula is C43H65N7O9. The van der Waals surface area contributed by atoms with Gasteiger partial charge in [0.05, 0.1) is 24.2 Å². The molecule has 3 amide bonds. The Hall–Kier alpha value is -4.87. The number of hydrogen-bond acceptors (Lipinski definition) is 13. The van der Waals surface area contributed by atoms with Crippen LogP contribution in [-0.2, 0) is 46.4 Å². The maximum atomic E-state index is 15.4. The molecule has 0 aliphatic carbocycles. The summed E-state index contributed by atoms with van der Waals surface area (Å²) < 4.78 is 0. The number of imide groups is 1. The van der Waals surface area contributed by atoms with E-state index in [0.29, 0.717) is 30.4 Å². The van der Waals surface area contributed by atoms with Gasteiger partial charge >= 0.3 is 5.97 Å². The molecule has 16 nitrogen and oxygen atoms in total. The Kier molecular flexibility index (Phi) is 20.2. The smallest absolute Gasteiger partial charge is 0.339 e. The summed E-state index contributed by atoms with van der Waals surface area (Å²) in [4.78, 5) is 103. The fraction of sp³-hybridized carbons (Fsp3) is 0.558. The van der Waals surface area contributed by atoms with Crippen LogP contribution in [0.4, 0.5) is 0 Å². The lowest BCUT2D eigenvalue weighted by Crippen LogP contribution is -2.80. The van der Waals surface area contributed by atoms with E-state index in [-0.39, 0.29) is 74.3 Å². The molecule has 0 aliphatic heterocycles. The Morgan fingerprint density at radius 2 is 1.31 bits per heavy atom. The largest absolute Gasteiger partial charge is 0.508 e. The van der Waals surface area contributed by atoms with Crippen molar-refractivity contribution in [3.05, 3.63) is 65.7 Å². The number of Topliss-reactive ketones (excluding diaryl/α,β-unsaturated/α-hetero) is 2. The third-order valence-corrected chi connectivity index (χ3v) is 10.6. The minimum absolute atomic E-state index is 0.0284. The van der Waals surface area contributed by atoms with Crippen molar-refractivity contribution in [3.63, 3.8) is 0 Å². The summed E-state index contributed by atoms with van der Waals surface area (Å²) in [6, 6.07) is 6.29. The standard InChI is InChI=1S/C43H65N7O9/c1-5-7-15-31(45)36(53)42(26-51,21-12-22-44)43(41(58)59,37(54)32(46)23-27(3)4)50(39(56)34(48)25-29-17-19-30(52)20-18-29)40(57)35(16-8-6-2)49-38(55)33(47)24-28-13-10-9-11-14-28/h9-11,13-14,17-20,26-27,31-35,52H,5-8,12,15-16,21-25,44-48H2,1-4H3,(H,49,55)(H,58,59). The fourth-order valence-corrected chi connectivity index (χ4v) is 7.40. The van der Waals surface area contributed by atoms with E-state index in [1.165, 1.54) is 24.3 Å². The zero-order valence-electron chi connectivity index (χ0n) is 34.8. The highest BCUT2D eigenvalue weighted by Crippen LogP contribution is 2.45. The average Bonchev–Trinajstić information content (AvgIpc) is 3.21. The summed E-state index contributed by atoms with van der Waals surface area (Å²) in [7, 11) is 0. The van der Waals surface area contributed by atoms with Gasteiger partial charge in [-0.05, 0) is 80.7 Å². The molecular weight excluding hydrogens is 759 g/mol. The second kappa shape index (κ2) is 23.7. The first-order valence-electron chi connectivity index (χ1n) is 20.4. The molecule has 0 fully saturated rings. The van der Waals surface area contributed by atoms with Crippen LogP contribution in [0.5, 0.6) is 5.75 Å². The number of phenolic OH excluding ortho intramolecular Hbond substituents is 1. The maximum Gasteiger partial charge on any atom is 0.339 e. The molecule has 0 aliphatic rings. The lowest BCUT2D eigenvalue weighted by Gasteiger charge is -2.50. The van der Waals surface area contributed by atoms with Crippen LogP contribution in [0.2, 0.25) is 0 Å². The number of nitrogens with two attached hydrogens (primary N) is 5. The first-order valence-corrected chi connectivity index (χ1v) is 20.4. The van der Waals surface area contributed by atoms with E-state index in [2.05, 4.69) is 5.32 Å². The number of amides is 3. The van der Waals surface area contributed by atoms with E-state index >= 15 is 14.4 Å². The number of carboxylic acids is 1. The van der Waals surface area contributed by atoms with Gasteiger partial charge in [-0.3, -0.25) is 28.9 Å². The van der Waals surface area contributed by atoms with Crippen molar-refractivity contribution in [2.75, 3.05) is 6.54 Å². The van der Waals surface area contributed by atoms with E-state index in [1.807, 2.05) is 6.92 Å². The van der Waals surface area contributed by atoms with Gasteiger partial charge in [0.25, 0.3) is 5.91 Å². The van der Waals surface area contributed by atoms with Crippen LogP contribution >= 0.6 is 0 Å². The molecule has 16 heteroatoms. The number of aliphatic carboxylic acids is 1. The molecule has 7 atom stereocenters. The maximum absolute atomic E-state index is 15.4. The number of unbranched alkanes of at least 4 members (excludes halogenated alkanes) is 2. The highest BCUT2D eigenvalue weighted by atomic mass is 16.4. The van der Waals surface area contributed by atoms with Crippen molar-refractivity contribution in [2.24, 2.45) is 40.0 Å². The minimum Gasteiger partial charge on any atom is -0.508 e. The summed E-state index contributed by atoms with van der Waals surface area (Å²) in [5, 5.41) is 24.1. The van der Waals surface area contributed by atoms with Gasteiger partial charge in [-0.25, -0.2) is 4.79 Å². The van der Waals surface area contributed by atoms with Gasteiger partial charge in [0.15, 0.2) is 11.6 Å². The number of rotatable bonds is 27. The van der Waals surface area contributed by atoms with Gasteiger partial charge in [0.1, 0.15) is 23.5 Å². The van der Waals surface area contributed by atoms with Crippen molar-refractivity contribution in [3.8, 4) is 5.75 Å². The predicted molar refractivity (Wildman–Crippen MR) is 223 cm³/mol. The normalized spacial score (nSPS) is 16.0. The molecule has 0 radical (unpaired) electrons. The van der Waals surface area contributed by atoms with Crippen LogP contribution in [0, 0.1) is 11.3 Å². The average molecular weight is 824 g/mol. The van der Waals surface area contributed by atoms with Gasteiger partial charge in [-0.15, -0.1) is 0 Å². The van der Waals surface area contributed by atoms with Crippen molar-refractivity contribution in [2.45, 2.75) is 134 Å². The third kappa shape index (κ3) is 12.3. The topological polar surface area (TPSA) is 305 Å². The molecule has 13 N–H and O–H groups in total. The van der Waals surface area contributed by atoms with Gasteiger partial charge in [0, 0.05) is 0 Å². The van der Waals surface area contributed by atoms with Crippen LogP contribution in [0.1, 0.15) is 96.6 Å². The summed E-state index contributed by atoms with van der Waals surface area (Å²) in [6.07, 6.45) is -0.0664. The van der Waals surface area contributed by atoms with Crippen LogP contribution in [0.25, 0.3) is 0 Å². The molecule has 0 heterocycles. The number of benzene rings is 2. The van der Waals surface area contributed by atoms with Gasteiger partial charge in [-0.2, -0.15) is 0 Å². The summed E-state index contributed by atoms with van der Waals surface area (Å²) in [5.41, 5.74) is 26.0. The van der Waals surface area contributed by atoms with E-state index in [9.17, 15) is 29.4 Å². The van der Waals surface area contributed by atoms with Gasteiger partial charge in [-0.1, -0.05) is 95.8 Å². The third-order valence-electron chi connectivity index (χ3n) is 10.6. The number of ketones is 2. The number of carbonyl (C=O) groups is 7. The zero-order chi connectivity index (χ0) is 44.5. The Bertz CT molecular complexity index is 1730. The van der Waals surface area contributed by atoms with E-state index in [0.717, 1.165) is 0 Å². The first kappa shape index (κ1) is 50.3. The Labute approximate surface area is 347 Å². The van der Waals surface area contributed by atoms with Crippen LogP contribution in [0.3, 0.4) is 0 Å². The molecule has 0 saturated heterocycles. The highest BCUT2D eigenvalue weighted by Gasteiger charge is 2.72. The number of carbonyl (C=O) groups excluding carboxylic acids is 6. The van der Waals surface area contributed by atoms with Crippen LogP contribution < -0.4 is 34.0 Å². The Balaban J connectivity index is 3.14. The molecule has 0 spiro atoms. The highest BCUT2D eigenvalue weighted by molar-refractivity contribution is 6.25. The molecule has 2 rings (SSSR count). The molecule has 2 aromatic rings. The number of nitrogens with one attached hydrogen (secondary N) is 1. The second-order valence-electron chi connectivity index (χ2n) is 15.7. The summed E-state index contributed by atoms with van der Waals surface area (Å²) >= 11 is 0. The van der Waals surface area contributed by atoms with Gasteiger partial charge < -0.3 is 49.0 Å². The molecule has 0 saturated carbocycles. The number of hydrogen-bond donors (Lipinski definition) is 8. The van der Waals surface area contributed by atoms with Gasteiger partial charge in [0.2, 0.25) is 17.4 Å². The Morgan fingerprint density at radius 1 is 0.746 bits per heavy atom. The number of aldehydes is 1. The number of nitrogens with zero attached hydrogens (tertiary/aromatic N) is 1. The lowest BCUT2D eigenvalue weighted by atomic mass is 9.58.